The van der Waals surface area contributed by atoms with Gasteiger partial charge < -0.3 is 39.4 Å². The number of aliphatic hydroxyl groups is 1. The summed E-state index contributed by atoms with van der Waals surface area (Å²) in [5.74, 6) is 0.934. The van der Waals surface area contributed by atoms with Crippen molar-refractivity contribution in [2.45, 2.75) is 82.4 Å². The van der Waals surface area contributed by atoms with E-state index in [1.807, 2.05) is 35.2 Å². The number of hydrogen-bond acceptors (Lipinski definition) is 8. The third-order valence-electron chi connectivity index (χ3n) is 8.24. The van der Waals surface area contributed by atoms with Crippen LogP contribution in [0.15, 0.2) is 36.5 Å². The Morgan fingerprint density at radius 3 is 2.71 bits per heavy atom. The molecule has 0 bridgehead atoms. The molecule has 1 aromatic heterocycles. The van der Waals surface area contributed by atoms with Gasteiger partial charge in [0.15, 0.2) is 0 Å². The van der Waals surface area contributed by atoms with Gasteiger partial charge in [0.25, 0.3) is 5.91 Å². The number of rotatable bonds is 14. The molecule has 230 valence electrons. The molecule has 1 aliphatic carbocycles. The molecule has 2 amide bonds. The summed E-state index contributed by atoms with van der Waals surface area (Å²) in [7, 11) is 0. The predicted molar refractivity (Wildman–Crippen MR) is 156 cm³/mol. The lowest BCUT2D eigenvalue weighted by molar-refractivity contribution is -0.157. The fourth-order valence-electron chi connectivity index (χ4n) is 5.82. The van der Waals surface area contributed by atoms with Gasteiger partial charge in [-0.2, -0.15) is 0 Å². The zero-order valence-corrected chi connectivity index (χ0v) is 24.6. The lowest BCUT2D eigenvalue weighted by atomic mass is 9.99. The molecule has 0 radical (unpaired) electrons. The van der Waals surface area contributed by atoms with Gasteiger partial charge in [0.1, 0.15) is 18.5 Å². The zero-order chi connectivity index (χ0) is 29.3. The van der Waals surface area contributed by atoms with Gasteiger partial charge in [0.05, 0.1) is 31.1 Å². The number of morpholine rings is 1. The average Bonchev–Trinajstić information content (AvgIpc) is 3.77. The van der Waals surface area contributed by atoms with Crippen molar-refractivity contribution in [1.29, 1.82) is 0 Å². The molecule has 2 saturated heterocycles. The van der Waals surface area contributed by atoms with Crippen molar-refractivity contribution >= 4 is 11.8 Å². The second kappa shape index (κ2) is 15.1. The van der Waals surface area contributed by atoms with Crippen molar-refractivity contribution in [3.05, 3.63) is 53.6 Å². The molecule has 3 heterocycles. The van der Waals surface area contributed by atoms with Crippen LogP contribution in [0, 0.1) is 0 Å². The number of hydrogen-bond donors (Lipinski definition) is 3. The molecule has 1 saturated carbocycles. The Morgan fingerprint density at radius 1 is 1.19 bits per heavy atom. The van der Waals surface area contributed by atoms with Crippen LogP contribution in [0.5, 0.6) is 0 Å². The van der Waals surface area contributed by atoms with Crippen molar-refractivity contribution in [2.24, 2.45) is 0 Å². The summed E-state index contributed by atoms with van der Waals surface area (Å²) in [6.45, 7) is 6.20. The van der Waals surface area contributed by atoms with E-state index in [1.54, 1.807) is 0 Å². The molecule has 2 aromatic rings. The van der Waals surface area contributed by atoms with Gasteiger partial charge in [0.2, 0.25) is 5.91 Å². The smallest absolute Gasteiger partial charge is 0.253 e. The van der Waals surface area contributed by atoms with Gasteiger partial charge in [0, 0.05) is 57.5 Å². The van der Waals surface area contributed by atoms with Crippen molar-refractivity contribution in [3.63, 3.8) is 0 Å². The summed E-state index contributed by atoms with van der Waals surface area (Å²) in [5, 5.41) is 15.1. The third kappa shape index (κ3) is 8.17. The second-order valence-electron chi connectivity index (χ2n) is 11.5. The number of aromatic nitrogens is 2. The minimum absolute atomic E-state index is 0.000795. The van der Waals surface area contributed by atoms with E-state index in [4.69, 9.17) is 24.3 Å². The SMILES string of the molecule is C[C@@H](c1cn(CCCNC(=O)CO)c(C2CCOCC2)n1)N(C(=O)[C@H]1CNC[C@@H](COCc2ccccc2)O1)C1CC1. The molecule has 1 aromatic carbocycles. The number of nitrogens with zero attached hydrogens (tertiary/aromatic N) is 3. The number of aliphatic hydroxyl groups excluding tert-OH is 1. The van der Waals surface area contributed by atoms with E-state index in [9.17, 15) is 9.59 Å². The van der Waals surface area contributed by atoms with E-state index in [0.29, 0.717) is 64.9 Å². The van der Waals surface area contributed by atoms with E-state index < -0.39 is 12.7 Å². The first-order chi connectivity index (χ1) is 20.5. The fourth-order valence-corrected chi connectivity index (χ4v) is 5.82. The number of ether oxygens (including phenoxy) is 3. The van der Waals surface area contributed by atoms with E-state index >= 15 is 0 Å². The van der Waals surface area contributed by atoms with Gasteiger partial charge >= 0.3 is 0 Å². The van der Waals surface area contributed by atoms with E-state index in [-0.39, 0.29) is 30.0 Å². The van der Waals surface area contributed by atoms with Gasteiger partial charge in [-0.3, -0.25) is 9.59 Å². The Morgan fingerprint density at radius 2 is 1.98 bits per heavy atom. The van der Waals surface area contributed by atoms with Gasteiger partial charge in [-0.25, -0.2) is 4.98 Å². The molecule has 0 spiro atoms. The summed E-state index contributed by atoms with van der Waals surface area (Å²) in [6.07, 6.45) is 5.81. The van der Waals surface area contributed by atoms with Crippen LogP contribution in [0.2, 0.25) is 0 Å². The Hall–Kier alpha value is -2.83. The molecule has 3 N–H and O–H groups in total. The first-order valence-electron chi connectivity index (χ1n) is 15.4. The van der Waals surface area contributed by atoms with Crippen molar-refractivity contribution < 1.29 is 28.9 Å². The minimum Gasteiger partial charge on any atom is -0.387 e. The normalized spacial score (nSPS) is 22.0. The summed E-state index contributed by atoms with van der Waals surface area (Å²) < 4.78 is 20.0. The topological polar surface area (TPSA) is 127 Å². The molecule has 11 nitrogen and oxygen atoms in total. The summed E-state index contributed by atoms with van der Waals surface area (Å²) >= 11 is 0. The highest BCUT2D eigenvalue weighted by atomic mass is 16.5. The van der Waals surface area contributed by atoms with Crippen molar-refractivity contribution in [2.75, 3.05) is 46.1 Å². The maximum atomic E-state index is 13.9. The van der Waals surface area contributed by atoms with E-state index in [1.165, 1.54) is 0 Å². The Bertz CT molecular complexity index is 1150. The quantitative estimate of drug-likeness (QED) is 0.288. The van der Waals surface area contributed by atoms with Crippen LogP contribution >= 0.6 is 0 Å². The number of imidazole rings is 1. The molecule has 3 fully saturated rings. The Labute approximate surface area is 247 Å². The standard InChI is InChI=1S/C31H45N5O6/c1-22(27-18-35(13-5-12-33-29(38)19-37)30(34-27)24-10-14-40-15-11-24)36(25-8-9-25)31(39)28-17-32-16-26(42-28)21-41-20-23-6-3-2-4-7-23/h2-4,6-7,18,22,24-26,28,32,37H,5,8-17,19-21H2,1H3,(H,33,38)/t22-,26-,28+/m0/s1. The molecule has 3 atom stereocenters. The molecule has 3 aliphatic rings. The largest absolute Gasteiger partial charge is 0.387 e. The maximum Gasteiger partial charge on any atom is 0.253 e. The monoisotopic (exact) mass is 583 g/mol. The molecule has 0 unspecified atom stereocenters. The minimum atomic E-state index is -0.570. The molecular formula is C31H45N5O6. The van der Waals surface area contributed by atoms with Crippen molar-refractivity contribution in [3.8, 4) is 0 Å². The lowest BCUT2D eigenvalue weighted by Crippen LogP contribution is -2.54. The Kier molecular flexibility index (Phi) is 11.0. The van der Waals surface area contributed by atoms with Crippen LogP contribution in [-0.2, 0) is 37.0 Å². The number of carbonyl (C=O) groups excluding carboxylic acids is 2. The fraction of sp³-hybridized carbons (Fsp3) is 0.645. The summed E-state index contributed by atoms with van der Waals surface area (Å²) in [6, 6.07) is 10.0. The van der Waals surface area contributed by atoms with Gasteiger partial charge in [-0.05, 0) is 44.6 Å². The van der Waals surface area contributed by atoms with E-state index in [0.717, 1.165) is 42.8 Å². The van der Waals surface area contributed by atoms with Crippen LogP contribution in [0.1, 0.15) is 68.1 Å². The number of carbonyl (C=O) groups is 2. The summed E-state index contributed by atoms with van der Waals surface area (Å²) in [4.78, 5) is 32.5. The number of nitrogens with one attached hydrogen (secondary N) is 2. The van der Waals surface area contributed by atoms with Crippen molar-refractivity contribution in [1.82, 2.24) is 25.1 Å². The lowest BCUT2D eigenvalue weighted by Gasteiger charge is -2.36. The van der Waals surface area contributed by atoms with Crippen LogP contribution in [0.3, 0.4) is 0 Å². The molecule has 42 heavy (non-hydrogen) atoms. The van der Waals surface area contributed by atoms with E-state index in [2.05, 4.69) is 28.3 Å². The summed E-state index contributed by atoms with van der Waals surface area (Å²) in [5.41, 5.74) is 1.99. The number of aryl methyl sites for hydroxylation is 1. The molecule has 11 heteroatoms. The first-order valence-corrected chi connectivity index (χ1v) is 15.4. The predicted octanol–water partition coefficient (Wildman–Crippen LogP) is 1.90. The number of benzene rings is 1. The molecule has 2 aliphatic heterocycles. The highest BCUT2D eigenvalue weighted by Crippen LogP contribution is 2.36. The zero-order valence-electron chi connectivity index (χ0n) is 24.6. The number of amides is 2. The first kappa shape index (κ1) is 30.6. The van der Waals surface area contributed by atoms with Gasteiger partial charge in [-0.1, -0.05) is 30.3 Å². The molecular weight excluding hydrogens is 538 g/mol. The highest BCUT2D eigenvalue weighted by Gasteiger charge is 2.42. The highest BCUT2D eigenvalue weighted by molar-refractivity contribution is 5.82. The van der Waals surface area contributed by atoms with Crippen LogP contribution in [0.25, 0.3) is 0 Å². The van der Waals surface area contributed by atoms with Crippen LogP contribution in [0.4, 0.5) is 0 Å². The van der Waals surface area contributed by atoms with Crippen LogP contribution < -0.4 is 10.6 Å². The third-order valence-corrected chi connectivity index (χ3v) is 8.24. The van der Waals surface area contributed by atoms with Gasteiger partial charge in [-0.15, -0.1) is 0 Å². The Balaban J connectivity index is 1.24. The molecule has 5 rings (SSSR count). The van der Waals surface area contributed by atoms with Crippen LogP contribution in [-0.4, -0.2) is 95.7 Å². The maximum absolute atomic E-state index is 13.9. The second-order valence-corrected chi connectivity index (χ2v) is 11.5. The average molecular weight is 584 g/mol.